The first-order valence-corrected chi connectivity index (χ1v) is 7.17. The molecule has 0 rings (SSSR count). The molecule has 0 aromatic heterocycles. The van der Waals surface area contributed by atoms with E-state index in [1.54, 1.807) is 6.92 Å². The van der Waals surface area contributed by atoms with E-state index in [4.69, 9.17) is 10.5 Å². The predicted octanol–water partition coefficient (Wildman–Crippen LogP) is 2.22. The zero-order valence-electron chi connectivity index (χ0n) is 12.4. The lowest BCUT2D eigenvalue weighted by Crippen LogP contribution is -2.46. The topological polar surface area (TPSA) is 64.3 Å². The number of ether oxygens (including phenoxy) is 1. The highest BCUT2D eigenvalue weighted by Gasteiger charge is 2.23. The molecule has 0 saturated carbocycles. The summed E-state index contributed by atoms with van der Waals surface area (Å²) >= 11 is 0. The number of nitrogens with two attached hydrogens (primary N) is 1. The Hall–Kier alpha value is -0.610. The normalized spacial score (nSPS) is 13.4. The number of rotatable bonds is 10. The molecule has 0 spiro atoms. The molecule has 4 heteroatoms. The Morgan fingerprint density at radius 2 is 1.89 bits per heavy atom. The molecule has 0 heterocycles. The monoisotopic (exact) mass is 258 g/mol. The third-order valence-electron chi connectivity index (χ3n) is 3.48. The van der Waals surface area contributed by atoms with E-state index in [0.717, 1.165) is 38.6 Å². The van der Waals surface area contributed by atoms with Crippen molar-refractivity contribution >= 4 is 5.91 Å². The van der Waals surface area contributed by atoms with Crippen LogP contribution in [0.5, 0.6) is 0 Å². The zero-order chi connectivity index (χ0) is 14.0. The van der Waals surface area contributed by atoms with Gasteiger partial charge in [0.05, 0.1) is 6.61 Å². The van der Waals surface area contributed by atoms with Gasteiger partial charge in [-0.15, -0.1) is 0 Å². The van der Waals surface area contributed by atoms with Gasteiger partial charge in [-0.25, -0.2) is 0 Å². The summed E-state index contributed by atoms with van der Waals surface area (Å²) in [6.07, 6.45) is 4.62. The van der Waals surface area contributed by atoms with E-state index in [9.17, 15) is 4.79 Å². The van der Waals surface area contributed by atoms with Crippen LogP contribution in [0.1, 0.15) is 59.8 Å². The van der Waals surface area contributed by atoms with E-state index >= 15 is 0 Å². The van der Waals surface area contributed by atoms with Crippen LogP contribution in [0.2, 0.25) is 0 Å². The summed E-state index contributed by atoms with van der Waals surface area (Å²) in [4.78, 5) is 11.7. The Labute approximate surface area is 112 Å². The van der Waals surface area contributed by atoms with Gasteiger partial charge in [0.25, 0.3) is 0 Å². The second-order valence-corrected chi connectivity index (χ2v) is 5.02. The molecule has 0 bridgehead atoms. The summed E-state index contributed by atoms with van der Waals surface area (Å²) in [5.41, 5.74) is 5.82. The first kappa shape index (κ1) is 17.4. The maximum atomic E-state index is 11.7. The maximum Gasteiger partial charge on any atom is 0.248 e. The number of hydrogen-bond acceptors (Lipinski definition) is 3. The molecule has 0 radical (unpaired) electrons. The lowest BCUT2D eigenvalue weighted by atomic mass is 9.95. The van der Waals surface area contributed by atoms with Crippen molar-refractivity contribution in [3.8, 4) is 0 Å². The van der Waals surface area contributed by atoms with E-state index in [-0.39, 0.29) is 11.4 Å². The molecule has 0 aromatic rings. The Morgan fingerprint density at radius 3 is 2.39 bits per heavy atom. The van der Waals surface area contributed by atoms with Crippen LogP contribution in [-0.2, 0) is 9.53 Å². The first-order valence-electron chi connectivity index (χ1n) is 7.17. The van der Waals surface area contributed by atoms with Crippen molar-refractivity contribution in [3.63, 3.8) is 0 Å². The van der Waals surface area contributed by atoms with Gasteiger partial charge in [-0.05, 0) is 26.2 Å². The smallest absolute Gasteiger partial charge is 0.248 e. The number of amides is 1. The lowest BCUT2D eigenvalue weighted by Gasteiger charge is -2.27. The molecule has 0 aliphatic rings. The quantitative estimate of drug-likeness (QED) is 0.591. The SMILES string of the molecule is CCCCCNC(=O)C(C)OCC(N)(CC)CC. The first-order chi connectivity index (χ1) is 8.49. The van der Waals surface area contributed by atoms with Crippen molar-refractivity contribution in [2.45, 2.75) is 71.4 Å². The second-order valence-electron chi connectivity index (χ2n) is 5.02. The van der Waals surface area contributed by atoms with Gasteiger partial charge in [-0.3, -0.25) is 4.79 Å². The summed E-state index contributed by atoms with van der Waals surface area (Å²) in [6, 6.07) is 0. The minimum atomic E-state index is -0.423. The van der Waals surface area contributed by atoms with Crippen LogP contribution >= 0.6 is 0 Å². The van der Waals surface area contributed by atoms with Crippen molar-refractivity contribution in [1.29, 1.82) is 0 Å². The molecule has 4 nitrogen and oxygen atoms in total. The molecule has 0 aliphatic heterocycles. The molecule has 1 unspecified atom stereocenters. The summed E-state index contributed by atoms with van der Waals surface area (Å²) in [6.45, 7) is 9.18. The fraction of sp³-hybridized carbons (Fsp3) is 0.929. The number of hydrogen-bond donors (Lipinski definition) is 2. The second kappa shape index (κ2) is 9.34. The van der Waals surface area contributed by atoms with Crippen LogP contribution in [-0.4, -0.2) is 30.7 Å². The summed E-state index contributed by atoms with van der Waals surface area (Å²) in [5, 5.41) is 2.88. The van der Waals surface area contributed by atoms with Crippen LogP contribution in [0.3, 0.4) is 0 Å². The van der Waals surface area contributed by atoms with E-state index in [1.807, 2.05) is 13.8 Å². The average molecular weight is 258 g/mol. The molecule has 0 fully saturated rings. The van der Waals surface area contributed by atoms with Crippen LogP contribution in [0.15, 0.2) is 0 Å². The van der Waals surface area contributed by atoms with Crippen LogP contribution in [0, 0.1) is 0 Å². The van der Waals surface area contributed by atoms with Gasteiger partial charge in [-0.1, -0.05) is 33.6 Å². The minimum Gasteiger partial charge on any atom is -0.367 e. The number of carbonyl (C=O) groups excluding carboxylic acids is 1. The largest absolute Gasteiger partial charge is 0.367 e. The fourth-order valence-electron chi connectivity index (χ4n) is 1.55. The van der Waals surface area contributed by atoms with Crippen molar-refractivity contribution in [1.82, 2.24) is 5.32 Å². The Balaban J connectivity index is 3.86. The standard InChI is InChI=1S/C14H30N2O2/c1-5-8-9-10-16-13(17)12(4)18-11-14(15,6-2)7-3/h12H,5-11,15H2,1-4H3,(H,16,17). The maximum absolute atomic E-state index is 11.7. The molecule has 0 aliphatic carbocycles. The highest BCUT2D eigenvalue weighted by atomic mass is 16.5. The number of unbranched alkanes of at least 4 members (excludes halogenated alkanes) is 2. The summed E-state index contributed by atoms with van der Waals surface area (Å²) in [7, 11) is 0. The van der Waals surface area contributed by atoms with Crippen molar-refractivity contribution in [2.75, 3.05) is 13.2 Å². The van der Waals surface area contributed by atoms with Gasteiger partial charge in [0, 0.05) is 12.1 Å². The zero-order valence-corrected chi connectivity index (χ0v) is 12.4. The van der Waals surface area contributed by atoms with Gasteiger partial charge in [-0.2, -0.15) is 0 Å². The Bertz CT molecular complexity index is 228. The molecule has 0 aromatic carbocycles. The van der Waals surface area contributed by atoms with Crippen molar-refractivity contribution in [3.05, 3.63) is 0 Å². The van der Waals surface area contributed by atoms with Gasteiger partial charge in [0.15, 0.2) is 0 Å². The third kappa shape index (κ3) is 6.97. The van der Waals surface area contributed by atoms with E-state index in [0.29, 0.717) is 6.61 Å². The fourth-order valence-corrected chi connectivity index (χ4v) is 1.55. The highest BCUT2D eigenvalue weighted by Crippen LogP contribution is 2.12. The average Bonchev–Trinajstić information content (AvgIpc) is 2.40. The molecule has 1 amide bonds. The van der Waals surface area contributed by atoms with Crippen molar-refractivity contribution < 1.29 is 9.53 Å². The van der Waals surface area contributed by atoms with Crippen LogP contribution in [0.4, 0.5) is 0 Å². The summed E-state index contributed by atoms with van der Waals surface area (Å²) in [5.74, 6) is -0.0411. The summed E-state index contributed by atoms with van der Waals surface area (Å²) < 4.78 is 5.57. The molecule has 18 heavy (non-hydrogen) atoms. The molecule has 0 saturated heterocycles. The molecular formula is C14H30N2O2. The van der Waals surface area contributed by atoms with Gasteiger partial charge in [0.2, 0.25) is 5.91 Å². The highest BCUT2D eigenvalue weighted by molar-refractivity contribution is 5.80. The Morgan fingerprint density at radius 1 is 1.28 bits per heavy atom. The lowest BCUT2D eigenvalue weighted by molar-refractivity contribution is -0.132. The predicted molar refractivity (Wildman–Crippen MR) is 75.4 cm³/mol. The minimum absolute atomic E-state index is 0.0411. The van der Waals surface area contributed by atoms with Gasteiger partial charge >= 0.3 is 0 Å². The van der Waals surface area contributed by atoms with Crippen molar-refractivity contribution in [2.24, 2.45) is 5.73 Å². The third-order valence-corrected chi connectivity index (χ3v) is 3.48. The van der Waals surface area contributed by atoms with Gasteiger partial charge in [0.1, 0.15) is 6.10 Å². The molecule has 3 N–H and O–H groups in total. The Kier molecular flexibility index (Phi) is 9.02. The van der Waals surface area contributed by atoms with Crippen LogP contribution in [0.25, 0.3) is 0 Å². The van der Waals surface area contributed by atoms with E-state index < -0.39 is 6.10 Å². The number of carbonyl (C=O) groups is 1. The molecular weight excluding hydrogens is 228 g/mol. The van der Waals surface area contributed by atoms with Crippen LogP contribution < -0.4 is 11.1 Å². The van der Waals surface area contributed by atoms with Gasteiger partial charge < -0.3 is 15.8 Å². The molecule has 108 valence electrons. The van der Waals surface area contributed by atoms with E-state index in [2.05, 4.69) is 12.2 Å². The molecule has 1 atom stereocenters. The number of nitrogens with one attached hydrogen (secondary N) is 1. The van der Waals surface area contributed by atoms with E-state index in [1.165, 1.54) is 0 Å².